The molecule has 3 rings (SSSR count). The first-order chi connectivity index (χ1) is 11.0. The summed E-state index contributed by atoms with van der Waals surface area (Å²) in [7, 11) is 0. The fourth-order valence-electron chi connectivity index (χ4n) is 2.01. The van der Waals surface area contributed by atoms with Gasteiger partial charge in [-0.05, 0) is 19.1 Å². The Morgan fingerprint density at radius 1 is 1.43 bits per heavy atom. The molecule has 23 heavy (non-hydrogen) atoms. The molecule has 0 saturated heterocycles. The third-order valence-corrected chi connectivity index (χ3v) is 3.89. The molecule has 3 aromatic rings. The molecule has 0 atom stereocenters. The Labute approximate surface area is 134 Å². The third-order valence-electron chi connectivity index (χ3n) is 3.06. The zero-order valence-corrected chi connectivity index (χ0v) is 12.8. The van der Waals surface area contributed by atoms with Crippen molar-refractivity contribution < 1.29 is 9.72 Å². The summed E-state index contributed by atoms with van der Waals surface area (Å²) in [6, 6.07) is 4.28. The van der Waals surface area contributed by atoms with Gasteiger partial charge in [-0.25, -0.2) is 9.97 Å². The van der Waals surface area contributed by atoms with Gasteiger partial charge in [-0.2, -0.15) is 0 Å². The summed E-state index contributed by atoms with van der Waals surface area (Å²) in [6.07, 6.45) is 6.22. The Morgan fingerprint density at radius 3 is 2.87 bits per heavy atom. The van der Waals surface area contributed by atoms with E-state index in [0.717, 1.165) is 4.88 Å². The van der Waals surface area contributed by atoms with Crippen molar-refractivity contribution in [3.63, 3.8) is 0 Å². The number of thiazole rings is 1. The first-order valence-corrected chi connectivity index (χ1v) is 7.37. The van der Waals surface area contributed by atoms with E-state index in [0.29, 0.717) is 10.8 Å². The highest BCUT2D eigenvalue weighted by Crippen LogP contribution is 2.25. The summed E-state index contributed by atoms with van der Waals surface area (Å²) in [6.45, 7) is 1.87. The highest BCUT2D eigenvalue weighted by molar-refractivity contribution is 7.15. The van der Waals surface area contributed by atoms with Crippen LogP contribution in [-0.2, 0) is 0 Å². The van der Waals surface area contributed by atoms with Crippen LogP contribution in [0.4, 0.5) is 10.8 Å². The van der Waals surface area contributed by atoms with Gasteiger partial charge in [-0.1, -0.05) is 0 Å². The lowest BCUT2D eigenvalue weighted by Gasteiger charge is -2.06. The molecule has 1 aromatic carbocycles. The molecular weight excluding hydrogens is 318 g/mol. The van der Waals surface area contributed by atoms with Crippen LogP contribution in [-0.4, -0.2) is 25.4 Å². The number of aryl methyl sites for hydroxylation is 1. The zero-order chi connectivity index (χ0) is 16.4. The molecule has 0 aliphatic heterocycles. The van der Waals surface area contributed by atoms with E-state index >= 15 is 0 Å². The number of nitrogens with one attached hydrogen (secondary N) is 1. The first kappa shape index (κ1) is 14.9. The van der Waals surface area contributed by atoms with Gasteiger partial charge >= 0.3 is 0 Å². The number of hydrogen-bond acceptors (Lipinski definition) is 6. The molecule has 0 radical (unpaired) electrons. The van der Waals surface area contributed by atoms with E-state index in [4.69, 9.17) is 0 Å². The molecular formula is C14H11N5O3S. The van der Waals surface area contributed by atoms with E-state index in [9.17, 15) is 14.9 Å². The second kappa shape index (κ2) is 5.97. The standard InChI is InChI=1S/C14H11N5O3S/c1-9-7-16-14(23-9)17-13(20)10-2-3-11(12(6-10)19(21)22)18-5-4-15-8-18/h2-8H,1H3,(H,16,17,20). The van der Waals surface area contributed by atoms with Crippen LogP contribution in [0.25, 0.3) is 5.69 Å². The Hall–Kier alpha value is -3.07. The van der Waals surface area contributed by atoms with E-state index in [-0.39, 0.29) is 11.3 Å². The first-order valence-electron chi connectivity index (χ1n) is 6.55. The van der Waals surface area contributed by atoms with Gasteiger partial charge in [-0.3, -0.25) is 20.2 Å². The Kier molecular flexibility index (Phi) is 3.85. The largest absolute Gasteiger partial charge is 0.300 e. The molecule has 0 bridgehead atoms. The number of nitrogens with zero attached hydrogens (tertiary/aromatic N) is 4. The predicted molar refractivity (Wildman–Crippen MR) is 85.0 cm³/mol. The highest BCUT2D eigenvalue weighted by Gasteiger charge is 2.19. The fourth-order valence-corrected chi connectivity index (χ4v) is 2.67. The molecule has 0 fully saturated rings. The topological polar surface area (TPSA) is 103 Å². The van der Waals surface area contributed by atoms with Crippen molar-refractivity contribution in [2.24, 2.45) is 0 Å². The second-order valence-electron chi connectivity index (χ2n) is 4.66. The van der Waals surface area contributed by atoms with Gasteiger partial charge in [0, 0.05) is 35.1 Å². The van der Waals surface area contributed by atoms with Gasteiger partial charge in [-0.15, -0.1) is 11.3 Å². The summed E-state index contributed by atoms with van der Waals surface area (Å²) in [5, 5.41) is 14.4. The normalized spacial score (nSPS) is 10.5. The van der Waals surface area contributed by atoms with Crippen LogP contribution in [0.2, 0.25) is 0 Å². The van der Waals surface area contributed by atoms with Crippen molar-refractivity contribution in [3.05, 3.63) is 63.7 Å². The number of nitro benzene ring substituents is 1. The zero-order valence-electron chi connectivity index (χ0n) is 12.0. The van der Waals surface area contributed by atoms with E-state index < -0.39 is 10.8 Å². The van der Waals surface area contributed by atoms with Crippen molar-refractivity contribution in [2.75, 3.05) is 5.32 Å². The van der Waals surface area contributed by atoms with Crippen LogP contribution in [0, 0.1) is 17.0 Å². The third kappa shape index (κ3) is 3.09. The average molecular weight is 329 g/mol. The van der Waals surface area contributed by atoms with Crippen molar-refractivity contribution >= 4 is 28.1 Å². The molecule has 0 unspecified atom stereocenters. The molecule has 0 aliphatic carbocycles. The van der Waals surface area contributed by atoms with E-state index in [1.165, 1.54) is 46.6 Å². The van der Waals surface area contributed by atoms with Crippen LogP contribution in [0.15, 0.2) is 43.1 Å². The van der Waals surface area contributed by atoms with E-state index in [1.807, 2.05) is 6.92 Å². The van der Waals surface area contributed by atoms with Crippen LogP contribution in [0.5, 0.6) is 0 Å². The Balaban J connectivity index is 1.93. The van der Waals surface area contributed by atoms with E-state index in [2.05, 4.69) is 15.3 Å². The Bertz CT molecular complexity index is 872. The molecule has 0 spiro atoms. The Morgan fingerprint density at radius 2 is 2.26 bits per heavy atom. The molecule has 0 aliphatic rings. The van der Waals surface area contributed by atoms with Gasteiger partial charge < -0.3 is 4.57 Å². The number of anilines is 1. The minimum absolute atomic E-state index is 0.175. The smallest absolute Gasteiger partial charge is 0.294 e. The van der Waals surface area contributed by atoms with Crippen LogP contribution in [0.1, 0.15) is 15.2 Å². The predicted octanol–water partition coefficient (Wildman–Crippen LogP) is 2.80. The number of benzene rings is 1. The molecule has 8 nitrogen and oxygen atoms in total. The number of amides is 1. The molecule has 0 saturated carbocycles. The minimum Gasteiger partial charge on any atom is -0.300 e. The maximum atomic E-state index is 12.2. The lowest BCUT2D eigenvalue weighted by molar-refractivity contribution is -0.384. The van der Waals surface area contributed by atoms with Gasteiger partial charge in [0.2, 0.25) is 0 Å². The SMILES string of the molecule is Cc1cnc(NC(=O)c2ccc(-n3ccnc3)c([N+](=O)[O-])c2)s1. The summed E-state index contributed by atoms with van der Waals surface area (Å²) in [5.74, 6) is -0.445. The van der Waals surface area contributed by atoms with Crippen molar-refractivity contribution in [3.8, 4) is 5.69 Å². The van der Waals surface area contributed by atoms with Gasteiger partial charge in [0.1, 0.15) is 5.69 Å². The van der Waals surface area contributed by atoms with Gasteiger partial charge in [0.15, 0.2) is 5.13 Å². The second-order valence-corrected chi connectivity index (χ2v) is 5.90. The van der Waals surface area contributed by atoms with E-state index in [1.54, 1.807) is 12.4 Å². The van der Waals surface area contributed by atoms with Gasteiger partial charge in [0.05, 0.1) is 11.3 Å². The molecule has 2 aromatic heterocycles. The summed E-state index contributed by atoms with van der Waals surface area (Å²) >= 11 is 1.33. The molecule has 1 amide bonds. The number of carbonyl (C=O) groups excluding carboxylic acids is 1. The monoisotopic (exact) mass is 329 g/mol. The van der Waals surface area contributed by atoms with Crippen LogP contribution in [0.3, 0.4) is 0 Å². The molecule has 116 valence electrons. The van der Waals surface area contributed by atoms with Crippen molar-refractivity contribution in [2.45, 2.75) is 6.92 Å². The quantitative estimate of drug-likeness (QED) is 0.585. The summed E-state index contributed by atoms with van der Waals surface area (Å²) < 4.78 is 1.52. The average Bonchev–Trinajstić information content (AvgIpc) is 3.18. The summed E-state index contributed by atoms with van der Waals surface area (Å²) in [5.41, 5.74) is 0.355. The number of imidazole rings is 1. The van der Waals surface area contributed by atoms with Crippen molar-refractivity contribution in [1.29, 1.82) is 0 Å². The fraction of sp³-hybridized carbons (Fsp3) is 0.0714. The maximum absolute atomic E-state index is 12.2. The lowest BCUT2D eigenvalue weighted by atomic mass is 10.1. The molecule has 1 N–H and O–H groups in total. The van der Waals surface area contributed by atoms with Gasteiger partial charge in [0.25, 0.3) is 11.6 Å². The van der Waals surface area contributed by atoms with Crippen LogP contribution < -0.4 is 5.32 Å². The highest BCUT2D eigenvalue weighted by atomic mass is 32.1. The number of aromatic nitrogens is 3. The summed E-state index contributed by atoms with van der Waals surface area (Å²) in [4.78, 5) is 31.8. The number of rotatable bonds is 4. The molecule has 2 heterocycles. The minimum atomic E-state index is -0.528. The number of carbonyl (C=O) groups is 1. The molecule has 9 heteroatoms. The maximum Gasteiger partial charge on any atom is 0.294 e. The number of nitro groups is 1. The van der Waals surface area contributed by atoms with Crippen molar-refractivity contribution in [1.82, 2.24) is 14.5 Å². The number of hydrogen-bond donors (Lipinski definition) is 1. The lowest BCUT2D eigenvalue weighted by Crippen LogP contribution is -2.12. The van der Waals surface area contributed by atoms with Crippen LogP contribution >= 0.6 is 11.3 Å².